The summed E-state index contributed by atoms with van der Waals surface area (Å²) in [7, 11) is 0. The number of carbonyl (C=O) groups is 1. The summed E-state index contributed by atoms with van der Waals surface area (Å²) in [6.07, 6.45) is -0.613. The van der Waals surface area contributed by atoms with Gasteiger partial charge in [-0.15, -0.1) is 0 Å². The molecule has 0 radical (unpaired) electrons. The lowest BCUT2D eigenvalue weighted by Gasteiger charge is -2.16. The van der Waals surface area contributed by atoms with E-state index in [1.54, 1.807) is 6.92 Å². The zero-order valence-corrected chi connectivity index (χ0v) is 15.6. The molecule has 0 saturated carbocycles. The Morgan fingerprint density at radius 1 is 0.963 bits per heavy atom. The van der Waals surface area contributed by atoms with Crippen LogP contribution in [-0.4, -0.2) is 12.0 Å². The number of benzene rings is 3. The zero-order valence-electron chi connectivity index (χ0n) is 15.6. The molecule has 0 fully saturated rings. The van der Waals surface area contributed by atoms with Crippen molar-refractivity contribution < 1.29 is 13.9 Å². The number of fused-ring (bicyclic) bond motifs is 3. The van der Waals surface area contributed by atoms with Crippen molar-refractivity contribution in [2.24, 2.45) is 0 Å². The van der Waals surface area contributed by atoms with Crippen LogP contribution in [0.1, 0.15) is 18.1 Å². The van der Waals surface area contributed by atoms with Gasteiger partial charge in [0.1, 0.15) is 16.9 Å². The molecule has 0 aliphatic rings. The molecule has 0 saturated heterocycles. The van der Waals surface area contributed by atoms with E-state index in [1.807, 2.05) is 74.5 Å². The molecule has 27 heavy (non-hydrogen) atoms. The number of nitrogens with one attached hydrogen (secondary N) is 1. The first-order chi connectivity index (χ1) is 13.0. The van der Waals surface area contributed by atoms with Crippen molar-refractivity contribution in [2.45, 2.75) is 26.9 Å². The molecule has 1 N–H and O–H groups in total. The molecule has 136 valence electrons. The molecule has 1 atom stereocenters. The molecular formula is C23H21NO3. The number of amides is 1. The minimum Gasteiger partial charge on any atom is -0.481 e. The highest BCUT2D eigenvalue weighted by molar-refractivity contribution is 6.06. The van der Waals surface area contributed by atoms with Gasteiger partial charge in [-0.3, -0.25) is 4.79 Å². The van der Waals surface area contributed by atoms with E-state index in [9.17, 15) is 4.79 Å². The number of anilines is 1. The average molecular weight is 359 g/mol. The van der Waals surface area contributed by atoms with Crippen LogP contribution in [0.25, 0.3) is 21.9 Å². The van der Waals surface area contributed by atoms with E-state index < -0.39 is 6.10 Å². The van der Waals surface area contributed by atoms with Crippen molar-refractivity contribution in [1.29, 1.82) is 0 Å². The van der Waals surface area contributed by atoms with Gasteiger partial charge in [-0.2, -0.15) is 0 Å². The molecule has 4 nitrogen and oxygen atoms in total. The summed E-state index contributed by atoms with van der Waals surface area (Å²) in [6, 6.07) is 19.5. The largest absolute Gasteiger partial charge is 0.481 e. The highest BCUT2D eigenvalue weighted by Gasteiger charge is 2.17. The molecule has 1 aromatic heterocycles. The zero-order chi connectivity index (χ0) is 19.0. The van der Waals surface area contributed by atoms with E-state index in [1.165, 1.54) is 0 Å². The van der Waals surface area contributed by atoms with Crippen molar-refractivity contribution in [3.63, 3.8) is 0 Å². The molecule has 0 aliphatic heterocycles. The number of hydrogen-bond acceptors (Lipinski definition) is 3. The van der Waals surface area contributed by atoms with Gasteiger partial charge in [-0.1, -0.05) is 35.9 Å². The predicted molar refractivity (Wildman–Crippen MR) is 108 cm³/mol. The van der Waals surface area contributed by atoms with Crippen LogP contribution < -0.4 is 10.1 Å². The van der Waals surface area contributed by atoms with Crippen LogP contribution >= 0.6 is 0 Å². The first-order valence-corrected chi connectivity index (χ1v) is 8.97. The Labute approximate surface area is 157 Å². The fourth-order valence-electron chi connectivity index (χ4n) is 3.22. The summed E-state index contributed by atoms with van der Waals surface area (Å²) in [5, 5.41) is 5.00. The summed E-state index contributed by atoms with van der Waals surface area (Å²) < 4.78 is 11.7. The van der Waals surface area contributed by atoms with Crippen molar-refractivity contribution >= 4 is 33.5 Å². The Balaban J connectivity index is 1.52. The summed E-state index contributed by atoms with van der Waals surface area (Å²) in [5.41, 5.74) is 4.44. The van der Waals surface area contributed by atoms with Gasteiger partial charge in [0.05, 0.1) is 0 Å². The first kappa shape index (κ1) is 17.2. The third kappa shape index (κ3) is 3.38. The molecule has 4 heteroatoms. The average Bonchev–Trinajstić information content (AvgIpc) is 3.01. The monoisotopic (exact) mass is 359 g/mol. The number of furan rings is 1. The van der Waals surface area contributed by atoms with Gasteiger partial charge < -0.3 is 14.5 Å². The number of carbonyl (C=O) groups excluding carboxylic acids is 1. The first-order valence-electron chi connectivity index (χ1n) is 8.97. The highest BCUT2D eigenvalue weighted by atomic mass is 16.5. The van der Waals surface area contributed by atoms with Crippen molar-refractivity contribution in [3.8, 4) is 5.75 Å². The summed E-state index contributed by atoms with van der Waals surface area (Å²) in [6.45, 7) is 5.75. The van der Waals surface area contributed by atoms with Crippen molar-refractivity contribution in [1.82, 2.24) is 0 Å². The number of ether oxygens (including phenoxy) is 1. The van der Waals surface area contributed by atoms with Crippen LogP contribution in [0, 0.1) is 13.8 Å². The van der Waals surface area contributed by atoms with E-state index in [0.29, 0.717) is 5.69 Å². The van der Waals surface area contributed by atoms with Crippen LogP contribution in [0.5, 0.6) is 5.75 Å². The normalized spacial score (nSPS) is 12.3. The summed E-state index contributed by atoms with van der Waals surface area (Å²) >= 11 is 0. The maximum Gasteiger partial charge on any atom is 0.265 e. The SMILES string of the molecule is Cc1ccc(O[C@H](C)C(=O)Nc2ccc3c(c2)oc2ccccc23)c(C)c1. The lowest BCUT2D eigenvalue weighted by molar-refractivity contribution is -0.122. The van der Waals surface area contributed by atoms with Gasteiger partial charge in [-0.25, -0.2) is 0 Å². The summed E-state index contributed by atoms with van der Waals surface area (Å²) in [5.74, 6) is 0.515. The van der Waals surface area contributed by atoms with Crippen LogP contribution in [-0.2, 0) is 4.79 Å². The summed E-state index contributed by atoms with van der Waals surface area (Å²) in [4.78, 5) is 12.5. The molecular weight excluding hydrogens is 338 g/mol. The van der Waals surface area contributed by atoms with Crippen LogP contribution in [0.3, 0.4) is 0 Å². The van der Waals surface area contributed by atoms with Crippen molar-refractivity contribution in [2.75, 3.05) is 5.32 Å². The molecule has 1 heterocycles. The Kier molecular flexibility index (Phi) is 4.32. The Bertz CT molecular complexity index is 1140. The number of aryl methyl sites for hydroxylation is 2. The Morgan fingerprint density at radius 2 is 1.74 bits per heavy atom. The van der Waals surface area contributed by atoms with E-state index in [2.05, 4.69) is 5.32 Å². The molecule has 0 aliphatic carbocycles. The van der Waals surface area contributed by atoms with Gasteiger partial charge in [0.2, 0.25) is 0 Å². The van der Waals surface area contributed by atoms with Gasteiger partial charge in [0, 0.05) is 22.5 Å². The fourth-order valence-corrected chi connectivity index (χ4v) is 3.22. The minimum atomic E-state index is -0.613. The standard InChI is InChI=1S/C23H21NO3/c1-14-8-11-20(15(2)12-14)26-16(3)23(25)24-17-9-10-19-18-6-4-5-7-21(18)27-22(19)13-17/h4-13,16H,1-3H3,(H,24,25)/t16-/m1/s1. The molecule has 1 amide bonds. The lowest BCUT2D eigenvalue weighted by atomic mass is 10.1. The molecule has 3 aromatic carbocycles. The molecule has 0 bridgehead atoms. The van der Waals surface area contributed by atoms with Crippen LogP contribution in [0.2, 0.25) is 0 Å². The van der Waals surface area contributed by atoms with E-state index >= 15 is 0 Å². The second kappa shape index (κ2) is 6.80. The maximum atomic E-state index is 12.5. The van der Waals surface area contributed by atoms with Gasteiger partial charge in [0.15, 0.2) is 6.10 Å². The third-order valence-electron chi connectivity index (χ3n) is 4.65. The van der Waals surface area contributed by atoms with Crippen LogP contribution in [0.4, 0.5) is 5.69 Å². The Morgan fingerprint density at radius 3 is 2.56 bits per heavy atom. The Hall–Kier alpha value is -3.27. The van der Waals surface area contributed by atoms with Crippen LogP contribution in [0.15, 0.2) is 65.1 Å². The lowest BCUT2D eigenvalue weighted by Crippen LogP contribution is -2.30. The van der Waals surface area contributed by atoms with E-state index in [0.717, 1.165) is 38.8 Å². The smallest absolute Gasteiger partial charge is 0.265 e. The van der Waals surface area contributed by atoms with Gasteiger partial charge in [0.25, 0.3) is 5.91 Å². The number of para-hydroxylation sites is 1. The quantitative estimate of drug-likeness (QED) is 0.515. The fraction of sp³-hybridized carbons (Fsp3) is 0.174. The molecule has 0 unspecified atom stereocenters. The third-order valence-corrected chi connectivity index (χ3v) is 4.65. The molecule has 4 aromatic rings. The number of hydrogen-bond donors (Lipinski definition) is 1. The van der Waals surface area contributed by atoms with Crippen molar-refractivity contribution in [3.05, 3.63) is 71.8 Å². The maximum absolute atomic E-state index is 12.5. The van der Waals surface area contributed by atoms with Gasteiger partial charge in [-0.05, 0) is 50.6 Å². The minimum absolute atomic E-state index is 0.203. The topological polar surface area (TPSA) is 51.5 Å². The number of rotatable bonds is 4. The second-order valence-electron chi connectivity index (χ2n) is 6.83. The van der Waals surface area contributed by atoms with E-state index in [-0.39, 0.29) is 5.91 Å². The molecule has 0 spiro atoms. The molecule has 4 rings (SSSR count). The highest BCUT2D eigenvalue weighted by Crippen LogP contribution is 2.30. The van der Waals surface area contributed by atoms with E-state index in [4.69, 9.17) is 9.15 Å². The second-order valence-corrected chi connectivity index (χ2v) is 6.83. The predicted octanol–water partition coefficient (Wildman–Crippen LogP) is 5.61. The van der Waals surface area contributed by atoms with Gasteiger partial charge >= 0.3 is 0 Å².